The van der Waals surface area contributed by atoms with Crippen molar-refractivity contribution in [3.63, 3.8) is 0 Å². The van der Waals surface area contributed by atoms with Gasteiger partial charge in [0.2, 0.25) is 0 Å². The average Bonchev–Trinajstić information content (AvgIpc) is 3.06. The summed E-state index contributed by atoms with van der Waals surface area (Å²) in [5.74, 6) is 0.892. The molecule has 0 saturated carbocycles. The molecule has 1 fully saturated rings. The van der Waals surface area contributed by atoms with E-state index in [-0.39, 0.29) is 6.10 Å². The Balaban J connectivity index is 1.64. The lowest BCUT2D eigenvalue weighted by atomic mass is 10.0. The Hall–Kier alpha value is -2.37. The van der Waals surface area contributed by atoms with E-state index in [0.29, 0.717) is 18.4 Å². The van der Waals surface area contributed by atoms with Crippen molar-refractivity contribution >= 4 is 11.6 Å². The maximum absolute atomic E-state index is 9.73. The number of nitrogens with two attached hydrogens (primary N) is 1. The lowest BCUT2D eigenvalue weighted by molar-refractivity contribution is 0.174. The van der Waals surface area contributed by atoms with Gasteiger partial charge in [-0.05, 0) is 41.2 Å². The number of aliphatic hydroxyl groups is 1. The minimum absolute atomic E-state index is 0.198. The second kappa shape index (κ2) is 9.02. The molecule has 2 aromatic rings. The summed E-state index contributed by atoms with van der Waals surface area (Å²) in [6.07, 6.45) is 0.656. The van der Waals surface area contributed by atoms with Gasteiger partial charge in [-0.2, -0.15) is 0 Å². The number of hydrogen-bond acceptors (Lipinski definition) is 3. The summed E-state index contributed by atoms with van der Waals surface area (Å²) in [7, 11) is 0. The van der Waals surface area contributed by atoms with Gasteiger partial charge in [-0.1, -0.05) is 50.2 Å². The molecule has 0 aliphatic carbocycles. The first-order chi connectivity index (χ1) is 13.0. The number of aliphatic hydroxyl groups excluding tert-OH is 1. The molecule has 1 saturated heterocycles. The second-order valence-corrected chi connectivity index (χ2v) is 7.55. The predicted molar refractivity (Wildman–Crippen MR) is 112 cm³/mol. The van der Waals surface area contributed by atoms with E-state index in [4.69, 9.17) is 5.73 Å². The van der Waals surface area contributed by atoms with E-state index in [0.717, 1.165) is 31.7 Å². The number of β-amino-alcohol motifs (C(OH)–C–C–N with tert-alkyl or cyclic N) is 1. The molecule has 5 heteroatoms. The van der Waals surface area contributed by atoms with E-state index in [1.165, 1.54) is 16.7 Å². The van der Waals surface area contributed by atoms with E-state index in [1.54, 1.807) is 0 Å². The van der Waals surface area contributed by atoms with Crippen LogP contribution in [0.5, 0.6) is 0 Å². The van der Waals surface area contributed by atoms with Crippen LogP contribution in [0.25, 0.3) is 0 Å². The number of nitrogens with one attached hydrogen (secondary N) is 1. The number of guanidine groups is 1. The summed E-state index contributed by atoms with van der Waals surface area (Å²) in [4.78, 5) is 6.81. The van der Waals surface area contributed by atoms with Crippen LogP contribution in [0.15, 0.2) is 53.5 Å². The monoisotopic (exact) mass is 366 g/mol. The lowest BCUT2D eigenvalue weighted by Crippen LogP contribution is -2.23. The maximum atomic E-state index is 9.73. The molecule has 0 spiro atoms. The highest BCUT2D eigenvalue weighted by atomic mass is 16.3. The molecular formula is C22H30N4O. The molecule has 3 rings (SSSR count). The van der Waals surface area contributed by atoms with Gasteiger partial charge in [0.15, 0.2) is 5.96 Å². The van der Waals surface area contributed by atoms with Gasteiger partial charge in [0.05, 0.1) is 12.6 Å². The zero-order valence-corrected chi connectivity index (χ0v) is 16.2. The molecule has 0 bridgehead atoms. The van der Waals surface area contributed by atoms with Crippen LogP contribution >= 0.6 is 0 Å². The van der Waals surface area contributed by atoms with Crippen molar-refractivity contribution in [2.24, 2.45) is 10.7 Å². The SMILES string of the molecule is CC(C)c1cccc(NC(N)=NCc2ccccc2CN2CCC(O)C2)c1. The number of likely N-dealkylation sites (tertiary alicyclic amines) is 1. The third-order valence-electron chi connectivity index (χ3n) is 5.01. The van der Waals surface area contributed by atoms with Gasteiger partial charge >= 0.3 is 0 Å². The summed E-state index contributed by atoms with van der Waals surface area (Å²) in [5, 5.41) is 12.9. The fourth-order valence-electron chi connectivity index (χ4n) is 3.40. The lowest BCUT2D eigenvalue weighted by Gasteiger charge is -2.17. The van der Waals surface area contributed by atoms with Crippen molar-refractivity contribution in [2.75, 3.05) is 18.4 Å². The quantitative estimate of drug-likeness (QED) is 0.542. The van der Waals surface area contributed by atoms with E-state index in [9.17, 15) is 5.11 Å². The zero-order chi connectivity index (χ0) is 19.2. The van der Waals surface area contributed by atoms with Crippen LogP contribution in [0.3, 0.4) is 0 Å². The Morgan fingerprint density at radius 1 is 1.22 bits per heavy atom. The predicted octanol–water partition coefficient (Wildman–Crippen LogP) is 3.30. The van der Waals surface area contributed by atoms with Crippen molar-refractivity contribution in [1.82, 2.24) is 4.90 Å². The van der Waals surface area contributed by atoms with Crippen LogP contribution in [0, 0.1) is 0 Å². The third kappa shape index (κ3) is 5.55. The van der Waals surface area contributed by atoms with Crippen molar-refractivity contribution in [2.45, 2.75) is 45.4 Å². The molecule has 1 heterocycles. The molecule has 27 heavy (non-hydrogen) atoms. The molecule has 0 radical (unpaired) electrons. The topological polar surface area (TPSA) is 73.9 Å². The molecule has 4 N–H and O–H groups in total. The standard InChI is InChI=1S/C22H30N4O/c1-16(2)17-8-5-9-20(12-17)25-22(23)24-13-18-6-3-4-7-19(18)14-26-11-10-21(27)15-26/h3-9,12,16,21,27H,10-11,13-15H2,1-2H3,(H3,23,24,25). The molecule has 1 aliphatic heterocycles. The summed E-state index contributed by atoms with van der Waals surface area (Å²) in [6.45, 7) is 7.41. The Bertz CT molecular complexity index is 787. The summed E-state index contributed by atoms with van der Waals surface area (Å²) < 4.78 is 0. The first-order valence-corrected chi connectivity index (χ1v) is 9.65. The molecular weight excluding hydrogens is 336 g/mol. The Labute approximate surface area is 161 Å². The number of hydrogen-bond donors (Lipinski definition) is 3. The van der Waals surface area contributed by atoms with Crippen molar-refractivity contribution < 1.29 is 5.11 Å². The maximum Gasteiger partial charge on any atom is 0.193 e. The molecule has 144 valence electrons. The Kier molecular flexibility index (Phi) is 6.48. The third-order valence-corrected chi connectivity index (χ3v) is 5.01. The first-order valence-electron chi connectivity index (χ1n) is 9.65. The molecule has 1 atom stereocenters. The van der Waals surface area contributed by atoms with E-state index < -0.39 is 0 Å². The van der Waals surface area contributed by atoms with E-state index in [1.807, 2.05) is 24.3 Å². The van der Waals surface area contributed by atoms with Crippen LogP contribution < -0.4 is 11.1 Å². The van der Waals surface area contributed by atoms with Crippen LogP contribution in [0.2, 0.25) is 0 Å². The minimum atomic E-state index is -0.198. The zero-order valence-electron chi connectivity index (χ0n) is 16.2. The largest absolute Gasteiger partial charge is 0.392 e. The number of nitrogens with zero attached hydrogens (tertiary/aromatic N) is 2. The van der Waals surface area contributed by atoms with Crippen LogP contribution in [0.4, 0.5) is 5.69 Å². The van der Waals surface area contributed by atoms with Gasteiger partial charge in [0.1, 0.15) is 0 Å². The Morgan fingerprint density at radius 3 is 2.70 bits per heavy atom. The van der Waals surface area contributed by atoms with Crippen molar-refractivity contribution in [1.29, 1.82) is 0 Å². The van der Waals surface area contributed by atoms with E-state index >= 15 is 0 Å². The molecule has 1 unspecified atom stereocenters. The fraction of sp³-hybridized carbons (Fsp3) is 0.409. The van der Waals surface area contributed by atoms with Crippen LogP contribution in [0.1, 0.15) is 42.9 Å². The number of rotatable bonds is 6. The normalized spacial score (nSPS) is 18.2. The second-order valence-electron chi connectivity index (χ2n) is 7.55. The van der Waals surface area contributed by atoms with Gasteiger partial charge in [-0.15, -0.1) is 0 Å². The summed E-state index contributed by atoms with van der Waals surface area (Å²) in [5.41, 5.74) is 10.7. The summed E-state index contributed by atoms with van der Waals surface area (Å²) in [6, 6.07) is 16.6. The van der Waals surface area contributed by atoms with Crippen LogP contribution in [-0.2, 0) is 13.1 Å². The minimum Gasteiger partial charge on any atom is -0.392 e. The van der Waals surface area contributed by atoms with Crippen molar-refractivity contribution in [3.8, 4) is 0 Å². The Morgan fingerprint density at radius 2 is 2.00 bits per heavy atom. The number of anilines is 1. The van der Waals surface area contributed by atoms with E-state index in [2.05, 4.69) is 53.3 Å². The number of aliphatic imine (C=N–C) groups is 1. The molecule has 2 aromatic carbocycles. The molecule has 1 aliphatic rings. The fourth-order valence-corrected chi connectivity index (χ4v) is 3.40. The number of benzene rings is 2. The summed E-state index contributed by atoms with van der Waals surface area (Å²) >= 11 is 0. The van der Waals surface area contributed by atoms with Gasteiger partial charge in [-0.25, -0.2) is 4.99 Å². The smallest absolute Gasteiger partial charge is 0.193 e. The first kappa shape index (κ1) is 19.4. The molecule has 0 amide bonds. The van der Waals surface area contributed by atoms with Crippen molar-refractivity contribution in [3.05, 3.63) is 65.2 Å². The van der Waals surface area contributed by atoms with Gasteiger partial charge in [-0.3, -0.25) is 4.90 Å². The van der Waals surface area contributed by atoms with Gasteiger partial charge in [0.25, 0.3) is 0 Å². The highest BCUT2D eigenvalue weighted by Crippen LogP contribution is 2.19. The molecule has 0 aromatic heterocycles. The molecule has 5 nitrogen and oxygen atoms in total. The van der Waals surface area contributed by atoms with Gasteiger partial charge in [0, 0.05) is 25.3 Å². The van der Waals surface area contributed by atoms with Crippen LogP contribution in [-0.4, -0.2) is 35.2 Å². The average molecular weight is 367 g/mol. The van der Waals surface area contributed by atoms with Gasteiger partial charge < -0.3 is 16.2 Å². The highest BCUT2D eigenvalue weighted by Gasteiger charge is 2.20. The highest BCUT2D eigenvalue weighted by molar-refractivity contribution is 5.92.